The van der Waals surface area contributed by atoms with Crippen LogP contribution in [-0.2, 0) is 12.6 Å². The maximum absolute atomic E-state index is 13.0. The van der Waals surface area contributed by atoms with Crippen molar-refractivity contribution in [2.24, 2.45) is 5.73 Å². The van der Waals surface area contributed by atoms with Crippen LogP contribution in [0.5, 0.6) is 0 Å². The first-order valence-corrected chi connectivity index (χ1v) is 9.91. The van der Waals surface area contributed by atoms with Crippen LogP contribution < -0.4 is 5.73 Å². The lowest BCUT2D eigenvalue weighted by molar-refractivity contribution is -0.137. The Morgan fingerprint density at radius 1 is 1.04 bits per heavy atom. The van der Waals surface area contributed by atoms with Gasteiger partial charge in [0.2, 0.25) is 0 Å². The third kappa shape index (κ3) is 6.39. The van der Waals surface area contributed by atoms with Crippen molar-refractivity contribution in [2.45, 2.75) is 47.7 Å². The SMILES string of the molecule is Cc1cc(Sc2ccc(CCCC(N)(CO)CO)c(Cl)c2)cc(C(F)(F)F)c1. The van der Waals surface area contributed by atoms with Crippen LogP contribution in [0.3, 0.4) is 0 Å². The summed E-state index contributed by atoms with van der Waals surface area (Å²) in [6, 6.07) is 9.33. The fourth-order valence-electron chi connectivity index (χ4n) is 2.74. The molecular weight excluding hydrogens is 411 g/mol. The normalized spacial score (nSPS) is 12.4. The quantitative estimate of drug-likeness (QED) is 0.558. The summed E-state index contributed by atoms with van der Waals surface area (Å²) in [5, 5.41) is 19.0. The van der Waals surface area contributed by atoms with Gasteiger partial charge in [-0.1, -0.05) is 29.4 Å². The van der Waals surface area contributed by atoms with Crippen LogP contribution in [0.1, 0.15) is 29.5 Å². The number of aryl methyl sites for hydroxylation is 2. The van der Waals surface area contributed by atoms with Gasteiger partial charge < -0.3 is 15.9 Å². The summed E-state index contributed by atoms with van der Waals surface area (Å²) >= 11 is 7.54. The Kier molecular flexibility index (Phi) is 7.81. The minimum Gasteiger partial charge on any atom is -0.394 e. The first-order valence-electron chi connectivity index (χ1n) is 8.72. The molecule has 0 bridgehead atoms. The van der Waals surface area contributed by atoms with Crippen molar-refractivity contribution in [3.05, 3.63) is 58.1 Å². The van der Waals surface area contributed by atoms with Crippen LogP contribution in [0.4, 0.5) is 13.2 Å². The van der Waals surface area contributed by atoms with Gasteiger partial charge in [-0.3, -0.25) is 0 Å². The Balaban J connectivity index is 2.08. The molecule has 0 aromatic heterocycles. The van der Waals surface area contributed by atoms with Crippen molar-refractivity contribution < 1.29 is 23.4 Å². The monoisotopic (exact) mass is 433 g/mol. The van der Waals surface area contributed by atoms with Crippen LogP contribution in [0.15, 0.2) is 46.2 Å². The van der Waals surface area contributed by atoms with Crippen molar-refractivity contribution in [2.75, 3.05) is 13.2 Å². The molecule has 0 aliphatic rings. The van der Waals surface area contributed by atoms with E-state index in [1.54, 1.807) is 19.1 Å². The summed E-state index contributed by atoms with van der Waals surface area (Å²) in [7, 11) is 0. The Hall–Kier alpha value is -1.25. The highest BCUT2D eigenvalue weighted by molar-refractivity contribution is 7.99. The zero-order valence-electron chi connectivity index (χ0n) is 15.4. The van der Waals surface area contributed by atoms with Crippen LogP contribution in [0.2, 0.25) is 5.02 Å². The van der Waals surface area contributed by atoms with Gasteiger partial charge >= 0.3 is 6.18 Å². The molecule has 0 unspecified atom stereocenters. The summed E-state index contributed by atoms with van der Waals surface area (Å²) in [6.07, 6.45) is -2.69. The first kappa shape index (κ1) is 23.0. The Bertz CT molecular complexity index is 811. The molecule has 0 radical (unpaired) electrons. The minimum atomic E-state index is -4.38. The Morgan fingerprint density at radius 2 is 1.71 bits per heavy atom. The lowest BCUT2D eigenvalue weighted by atomic mass is 9.94. The summed E-state index contributed by atoms with van der Waals surface area (Å²) in [5.41, 5.74) is 5.59. The molecule has 28 heavy (non-hydrogen) atoms. The number of hydrogen-bond donors (Lipinski definition) is 3. The highest BCUT2D eigenvalue weighted by Crippen LogP contribution is 2.36. The number of nitrogens with two attached hydrogens (primary N) is 1. The van der Waals surface area contributed by atoms with Gasteiger partial charge in [0, 0.05) is 14.8 Å². The predicted octanol–water partition coefficient (Wildman–Crippen LogP) is 4.82. The third-order valence-electron chi connectivity index (χ3n) is 4.39. The number of halogens is 4. The number of aliphatic hydroxyl groups excluding tert-OH is 2. The lowest BCUT2D eigenvalue weighted by Crippen LogP contribution is -2.47. The van der Waals surface area contributed by atoms with Gasteiger partial charge in [0.1, 0.15) is 0 Å². The van der Waals surface area contributed by atoms with E-state index in [2.05, 4.69) is 0 Å². The molecule has 0 atom stereocenters. The van der Waals surface area contributed by atoms with Crippen molar-refractivity contribution in [3.8, 4) is 0 Å². The largest absolute Gasteiger partial charge is 0.416 e. The molecule has 0 heterocycles. The average Bonchev–Trinajstić information content (AvgIpc) is 2.62. The molecule has 3 nitrogen and oxygen atoms in total. The molecule has 0 amide bonds. The summed E-state index contributed by atoms with van der Waals surface area (Å²) in [5.74, 6) is 0. The molecule has 0 saturated carbocycles. The topological polar surface area (TPSA) is 66.5 Å². The molecule has 2 aromatic rings. The molecule has 0 aliphatic carbocycles. The fourth-order valence-corrected chi connectivity index (χ4v) is 4.10. The van der Waals surface area contributed by atoms with Gasteiger partial charge in [-0.05, 0) is 67.6 Å². The molecule has 2 rings (SSSR count). The van der Waals surface area contributed by atoms with E-state index in [0.29, 0.717) is 34.7 Å². The van der Waals surface area contributed by atoms with E-state index in [0.717, 1.165) is 22.6 Å². The smallest absolute Gasteiger partial charge is 0.394 e. The molecule has 0 aliphatic heterocycles. The van der Waals surface area contributed by atoms with Crippen molar-refractivity contribution in [3.63, 3.8) is 0 Å². The standard InChI is InChI=1S/C20H23ClF3NO2S/c1-13-7-15(20(22,23)24)9-17(8-13)28-16-5-4-14(18(21)10-16)3-2-6-19(25,11-26)12-27/h4-5,7-10,26-27H,2-3,6,11-12,25H2,1H3. The number of benzene rings is 2. The molecule has 0 spiro atoms. The number of rotatable bonds is 8. The van der Waals surface area contributed by atoms with E-state index in [4.69, 9.17) is 17.3 Å². The molecule has 8 heteroatoms. The Labute approximate surface area is 171 Å². The Morgan fingerprint density at radius 3 is 2.29 bits per heavy atom. The molecule has 4 N–H and O–H groups in total. The van der Waals surface area contributed by atoms with Crippen LogP contribution in [-0.4, -0.2) is 29.0 Å². The zero-order chi connectivity index (χ0) is 20.9. The highest BCUT2D eigenvalue weighted by Gasteiger charge is 2.31. The molecule has 2 aromatic carbocycles. The van der Waals surface area contributed by atoms with Gasteiger partial charge in [0.05, 0.1) is 24.3 Å². The zero-order valence-corrected chi connectivity index (χ0v) is 17.0. The maximum atomic E-state index is 13.0. The predicted molar refractivity (Wildman–Crippen MR) is 106 cm³/mol. The second-order valence-corrected chi connectivity index (χ2v) is 8.47. The second-order valence-electron chi connectivity index (χ2n) is 6.92. The number of alkyl halides is 3. The first-order chi connectivity index (χ1) is 13.1. The van der Waals surface area contributed by atoms with Crippen LogP contribution >= 0.6 is 23.4 Å². The van der Waals surface area contributed by atoms with Gasteiger partial charge in [-0.25, -0.2) is 0 Å². The van der Waals surface area contributed by atoms with Crippen molar-refractivity contribution >= 4 is 23.4 Å². The minimum absolute atomic E-state index is 0.302. The van der Waals surface area contributed by atoms with Crippen LogP contribution in [0, 0.1) is 6.92 Å². The molecule has 0 saturated heterocycles. The van der Waals surface area contributed by atoms with E-state index >= 15 is 0 Å². The fraction of sp³-hybridized carbons (Fsp3) is 0.400. The van der Waals surface area contributed by atoms with E-state index in [1.165, 1.54) is 11.8 Å². The summed E-state index contributed by atoms with van der Waals surface area (Å²) in [6.45, 7) is 1.03. The molecule has 0 fully saturated rings. The van der Waals surface area contributed by atoms with Gasteiger partial charge in [-0.15, -0.1) is 0 Å². The average molecular weight is 434 g/mol. The lowest BCUT2D eigenvalue weighted by Gasteiger charge is -2.24. The van der Waals surface area contributed by atoms with E-state index in [9.17, 15) is 23.4 Å². The van der Waals surface area contributed by atoms with E-state index < -0.39 is 17.3 Å². The van der Waals surface area contributed by atoms with E-state index in [-0.39, 0.29) is 13.2 Å². The second kappa shape index (κ2) is 9.50. The van der Waals surface area contributed by atoms with Gasteiger partial charge in [0.15, 0.2) is 0 Å². The van der Waals surface area contributed by atoms with Crippen LogP contribution in [0.25, 0.3) is 0 Å². The van der Waals surface area contributed by atoms with Gasteiger partial charge in [-0.2, -0.15) is 13.2 Å². The molecular formula is C20H23ClF3NO2S. The third-order valence-corrected chi connectivity index (χ3v) is 5.70. The van der Waals surface area contributed by atoms with E-state index in [1.807, 2.05) is 12.1 Å². The molecule has 154 valence electrons. The number of hydrogen-bond acceptors (Lipinski definition) is 4. The van der Waals surface area contributed by atoms with Crippen molar-refractivity contribution in [1.29, 1.82) is 0 Å². The van der Waals surface area contributed by atoms with Crippen molar-refractivity contribution in [1.82, 2.24) is 0 Å². The highest BCUT2D eigenvalue weighted by atomic mass is 35.5. The summed E-state index contributed by atoms with van der Waals surface area (Å²) in [4.78, 5) is 1.24. The summed E-state index contributed by atoms with van der Waals surface area (Å²) < 4.78 is 39.0. The number of aliphatic hydroxyl groups is 2. The maximum Gasteiger partial charge on any atom is 0.416 e. The van der Waals surface area contributed by atoms with Gasteiger partial charge in [0.25, 0.3) is 0 Å².